The van der Waals surface area contributed by atoms with Crippen molar-refractivity contribution in [3.05, 3.63) is 0 Å². The normalized spacial score (nSPS) is 11.7. The van der Waals surface area contributed by atoms with E-state index in [-0.39, 0.29) is 0 Å². The molecule has 0 radical (unpaired) electrons. The molecule has 0 saturated carbocycles. The molecule has 0 heterocycles. The van der Waals surface area contributed by atoms with Crippen LogP contribution in [-0.2, 0) is 23.7 Å². The van der Waals surface area contributed by atoms with Crippen LogP contribution in [0.3, 0.4) is 0 Å². The average Bonchev–Trinajstić information content (AvgIpc) is 2.35. The van der Waals surface area contributed by atoms with Crippen molar-refractivity contribution in [2.75, 3.05) is 53.4 Å². The smallest absolute Gasteiger partial charge is 0.309 e. The molecule has 0 aliphatic rings. The Labute approximate surface area is 115 Å². The van der Waals surface area contributed by atoms with Crippen LogP contribution in [0.25, 0.3) is 0 Å². The van der Waals surface area contributed by atoms with Crippen LogP contribution in [0.5, 0.6) is 0 Å². The van der Waals surface area contributed by atoms with E-state index in [0.717, 1.165) is 0 Å². The molecule has 0 rings (SSSR count). The Balaban J connectivity index is 3.21. The summed E-state index contributed by atoms with van der Waals surface area (Å²) in [6.07, 6.45) is 0.489. The van der Waals surface area contributed by atoms with Crippen LogP contribution in [0.4, 0.5) is 0 Å². The van der Waals surface area contributed by atoms with Gasteiger partial charge in [-0.1, -0.05) is 0 Å². The number of carboxylic acid groups (broad SMARTS) is 1. The molecule has 6 nitrogen and oxygen atoms in total. The first-order chi connectivity index (χ1) is 9.00. The predicted octanol–water partition coefficient (Wildman–Crippen LogP) is 1.18. The van der Waals surface area contributed by atoms with E-state index in [4.69, 9.17) is 24.1 Å². The van der Waals surface area contributed by atoms with Gasteiger partial charge < -0.3 is 24.1 Å². The Hall–Kier alpha value is -0.690. The van der Waals surface area contributed by atoms with Crippen molar-refractivity contribution in [2.45, 2.75) is 20.3 Å². The second-order valence-electron chi connectivity index (χ2n) is 4.77. The van der Waals surface area contributed by atoms with Crippen LogP contribution < -0.4 is 0 Å². The van der Waals surface area contributed by atoms with Crippen molar-refractivity contribution in [3.8, 4) is 0 Å². The number of methoxy groups -OCH3 is 1. The molecule has 19 heavy (non-hydrogen) atoms. The highest BCUT2D eigenvalue weighted by atomic mass is 16.6. The highest BCUT2D eigenvalue weighted by Gasteiger charge is 2.26. The van der Waals surface area contributed by atoms with Gasteiger partial charge in [0.15, 0.2) is 0 Å². The maximum Gasteiger partial charge on any atom is 0.309 e. The van der Waals surface area contributed by atoms with E-state index in [1.807, 2.05) is 0 Å². The lowest BCUT2D eigenvalue weighted by Gasteiger charge is -2.18. The fourth-order valence-electron chi connectivity index (χ4n) is 1.12. The lowest BCUT2D eigenvalue weighted by molar-refractivity contribution is -0.148. The molecule has 0 aliphatic heterocycles. The summed E-state index contributed by atoms with van der Waals surface area (Å²) in [7, 11) is 1.63. The molecule has 0 bridgehead atoms. The van der Waals surface area contributed by atoms with Crippen LogP contribution in [0.15, 0.2) is 0 Å². The number of carboxylic acids is 1. The molecule has 0 saturated heterocycles. The summed E-state index contributed by atoms with van der Waals surface area (Å²) < 4.78 is 20.6. The Morgan fingerprint density at radius 1 is 0.895 bits per heavy atom. The van der Waals surface area contributed by atoms with Crippen LogP contribution in [0, 0.1) is 5.41 Å². The van der Waals surface area contributed by atoms with Gasteiger partial charge in [-0.15, -0.1) is 0 Å². The highest BCUT2D eigenvalue weighted by molar-refractivity contribution is 5.73. The number of hydrogen-bond donors (Lipinski definition) is 1. The second-order valence-corrected chi connectivity index (χ2v) is 4.77. The van der Waals surface area contributed by atoms with Crippen molar-refractivity contribution >= 4 is 5.97 Å². The summed E-state index contributed by atoms with van der Waals surface area (Å²) in [6, 6.07) is 0. The van der Waals surface area contributed by atoms with Crippen molar-refractivity contribution in [2.24, 2.45) is 5.41 Å². The molecule has 1 N–H and O–H groups in total. The number of hydrogen-bond acceptors (Lipinski definition) is 5. The Morgan fingerprint density at radius 2 is 1.32 bits per heavy atom. The molecule has 0 aromatic carbocycles. The van der Waals surface area contributed by atoms with Gasteiger partial charge in [-0.25, -0.2) is 0 Å². The first-order valence-corrected chi connectivity index (χ1v) is 6.46. The number of carbonyl (C=O) groups is 1. The van der Waals surface area contributed by atoms with Crippen molar-refractivity contribution in [3.63, 3.8) is 0 Å². The molecule has 6 heteroatoms. The summed E-state index contributed by atoms with van der Waals surface area (Å²) in [5, 5.41) is 8.90. The maximum absolute atomic E-state index is 10.8. The summed E-state index contributed by atoms with van der Waals surface area (Å²) in [4.78, 5) is 10.8. The summed E-state index contributed by atoms with van der Waals surface area (Å²) in [6.45, 7) is 6.97. The molecule has 0 spiro atoms. The van der Waals surface area contributed by atoms with Gasteiger partial charge >= 0.3 is 5.97 Å². The van der Waals surface area contributed by atoms with Gasteiger partial charge in [0.05, 0.1) is 45.1 Å². The van der Waals surface area contributed by atoms with E-state index in [9.17, 15) is 4.79 Å². The lowest BCUT2D eigenvalue weighted by Crippen LogP contribution is -2.25. The highest BCUT2D eigenvalue weighted by Crippen LogP contribution is 2.19. The summed E-state index contributed by atoms with van der Waals surface area (Å²) in [5.41, 5.74) is -0.740. The Kier molecular flexibility index (Phi) is 10.8. The van der Waals surface area contributed by atoms with E-state index < -0.39 is 11.4 Å². The predicted molar refractivity (Wildman–Crippen MR) is 70.4 cm³/mol. The molecule has 0 fully saturated rings. The monoisotopic (exact) mass is 278 g/mol. The molecule has 0 atom stereocenters. The fourth-order valence-corrected chi connectivity index (χ4v) is 1.12. The van der Waals surface area contributed by atoms with Gasteiger partial charge in [-0.05, 0) is 20.3 Å². The van der Waals surface area contributed by atoms with E-state index in [1.165, 1.54) is 0 Å². The second kappa shape index (κ2) is 11.2. The third kappa shape index (κ3) is 10.9. The maximum atomic E-state index is 10.8. The minimum Gasteiger partial charge on any atom is -0.481 e. The van der Waals surface area contributed by atoms with Crippen LogP contribution in [0.2, 0.25) is 0 Å². The molecule has 0 unspecified atom stereocenters. The van der Waals surface area contributed by atoms with Crippen molar-refractivity contribution in [1.29, 1.82) is 0 Å². The Morgan fingerprint density at radius 3 is 1.74 bits per heavy atom. The lowest BCUT2D eigenvalue weighted by atomic mass is 9.90. The average molecular weight is 278 g/mol. The van der Waals surface area contributed by atoms with Crippen LogP contribution in [0.1, 0.15) is 20.3 Å². The standard InChI is InChI=1S/C13H26O6/c1-13(2,12(14)15)4-5-17-8-9-19-11-10-18-7-6-16-3/h4-11H2,1-3H3,(H,14,15). The summed E-state index contributed by atoms with van der Waals surface area (Å²) in [5.74, 6) is -0.805. The van der Waals surface area contributed by atoms with Gasteiger partial charge in [-0.3, -0.25) is 4.79 Å². The van der Waals surface area contributed by atoms with Crippen molar-refractivity contribution in [1.82, 2.24) is 0 Å². The fraction of sp³-hybridized carbons (Fsp3) is 0.923. The molecule has 0 amide bonds. The third-order valence-electron chi connectivity index (χ3n) is 2.63. The minimum atomic E-state index is -0.805. The van der Waals surface area contributed by atoms with Gasteiger partial charge in [0.25, 0.3) is 0 Å². The Bertz CT molecular complexity index is 229. The molecule has 0 aromatic heterocycles. The van der Waals surface area contributed by atoms with Crippen LogP contribution >= 0.6 is 0 Å². The van der Waals surface area contributed by atoms with Gasteiger partial charge in [0.2, 0.25) is 0 Å². The number of ether oxygens (including phenoxy) is 4. The van der Waals surface area contributed by atoms with Gasteiger partial charge in [0.1, 0.15) is 0 Å². The van der Waals surface area contributed by atoms with E-state index in [2.05, 4.69) is 0 Å². The first kappa shape index (κ1) is 18.3. The number of aliphatic carboxylic acids is 1. The zero-order chi connectivity index (χ0) is 14.6. The first-order valence-electron chi connectivity index (χ1n) is 6.46. The molecular weight excluding hydrogens is 252 g/mol. The van der Waals surface area contributed by atoms with E-state index >= 15 is 0 Å². The van der Waals surface area contributed by atoms with E-state index in [0.29, 0.717) is 52.7 Å². The topological polar surface area (TPSA) is 74.2 Å². The summed E-state index contributed by atoms with van der Waals surface area (Å²) >= 11 is 0. The van der Waals surface area contributed by atoms with Crippen LogP contribution in [-0.4, -0.2) is 64.4 Å². The molecule has 0 aromatic rings. The molecule has 114 valence electrons. The molecule has 0 aliphatic carbocycles. The number of rotatable bonds is 13. The van der Waals surface area contributed by atoms with Gasteiger partial charge in [0, 0.05) is 13.7 Å². The zero-order valence-corrected chi connectivity index (χ0v) is 12.1. The quantitative estimate of drug-likeness (QED) is 0.510. The molecular formula is C13H26O6. The SMILES string of the molecule is COCCOCCOCCOCCC(C)(C)C(=O)O. The van der Waals surface area contributed by atoms with E-state index in [1.54, 1.807) is 21.0 Å². The third-order valence-corrected chi connectivity index (χ3v) is 2.63. The zero-order valence-electron chi connectivity index (χ0n) is 12.1. The largest absolute Gasteiger partial charge is 0.481 e. The van der Waals surface area contributed by atoms with Gasteiger partial charge in [-0.2, -0.15) is 0 Å². The minimum absolute atomic E-state index is 0.424. The van der Waals surface area contributed by atoms with Crippen molar-refractivity contribution < 1.29 is 28.8 Å².